The maximum absolute atomic E-state index is 11.8. The molecule has 0 atom stereocenters. The minimum absolute atomic E-state index is 0.0260. The molecule has 2 rings (SSSR count). The van der Waals surface area contributed by atoms with Gasteiger partial charge in [-0.3, -0.25) is 0 Å². The molecule has 1 aromatic carbocycles. The molecule has 4 nitrogen and oxygen atoms in total. The molecule has 0 unspecified atom stereocenters. The van der Waals surface area contributed by atoms with Crippen LogP contribution in [0.15, 0.2) is 30.3 Å². The van der Waals surface area contributed by atoms with Crippen LogP contribution in [0, 0.1) is 0 Å². The van der Waals surface area contributed by atoms with E-state index in [1.807, 2.05) is 30.3 Å². The Morgan fingerprint density at radius 3 is 2.44 bits per heavy atom. The van der Waals surface area contributed by atoms with E-state index in [2.05, 4.69) is 0 Å². The molecule has 0 aliphatic carbocycles. The number of hydrogen-bond acceptors (Lipinski definition) is 4. The monoisotopic (exact) mass is 270 g/mol. The lowest BCUT2D eigenvalue weighted by Crippen LogP contribution is -2.24. The molecule has 0 amide bonds. The van der Waals surface area contributed by atoms with Crippen LogP contribution in [0.4, 0.5) is 0 Å². The Kier molecular flexibility index (Phi) is 4.74. The third kappa shape index (κ3) is 4.40. The second-order valence-corrected chi connectivity index (χ2v) is 6.60. The lowest BCUT2D eigenvalue weighted by molar-refractivity contribution is -0.0226. The third-order valence-electron chi connectivity index (χ3n) is 2.84. The zero-order chi connectivity index (χ0) is 12.8. The average molecular weight is 270 g/mol. The standard InChI is InChI=1S/C13H18O4S/c14-18(15,11-13-16-8-9-17-13)10-4-7-12-5-2-1-3-6-12/h1-3,5-6,13H,4,7-11H2. The molecular weight excluding hydrogens is 252 g/mol. The van der Waals surface area contributed by atoms with Gasteiger partial charge in [-0.2, -0.15) is 0 Å². The van der Waals surface area contributed by atoms with Gasteiger partial charge < -0.3 is 9.47 Å². The molecule has 0 saturated carbocycles. The third-order valence-corrected chi connectivity index (χ3v) is 4.54. The Hall–Kier alpha value is -0.910. The topological polar surface area (TPSA) is 52.6 Å². The number of rotatable bonds is 6. The van der Waals surface area contributed by atoms with Gasteiger partial charge in [0, 0.05) is 0 Å². The Balaban J connectivity index is 1.75. The normalized spacial score (nSPS) is 17.1. The van der Waals surface area contributed by atoms with Gasteiger partial charge in [0.15, 0.2) is 16.1 Å². The van der Waals surface area contributed by atoms with E-state index < -0.39 is 16.1 Å². The second-order valence-electron chi connectivity index (χ2n) is 4.37. The molecule has 100 valence electrons. The number of benzene rings is 1. The van der Waals surface area contributed by atoms with Crippen molar-refractivity contribution in [3.05, 3.63) is 35.9 Å². The Bertz CT molecular complexity index is 449. The summed E-state index contributed by atoms with van der Waals surface area (Å²) in [6, 6.07) is 9.90. The van der Waals surface area contributed by atoms with E-state index in [-0.39, 0.29) is 11.5 Å². The van der Waals surface area contributed by atoms with Crippen LogP contribution < -0.4 is 0 Å². The molecule has 1 saturated heterocycles. The van der Waals surface area contributed by atoms with Crippen molar-refractivity contribution in [3.63, 3.8) is 0 Å². The first-order chi connectivity index (χ1) is 8.66. The van der Waals surface area contributed by atoms with Crippen LogP contribution in [0.5, 0.6) is 0 Å². The van der Waals surface area contributed by atoms with Gasteiger partial charge in [0.25, 0.3) is 0 Å². The highest BCUT2D eigenvalue weighted by Crippen LogP contribution is 2.10. The highest BCUT2D eigenvalue weighted by molar-refractivity contribution is 7.91. The first-order valence-electron chi connectivity index (χ1n) is 6.13. The van der Waals surface area contributed by atoms with Crippen molar-refractivity contribution in [2.45, 2.75) is 19.1 Å². The zero-order valence-electron chi connectivity index (χ0n) is 10.2. The minimum atomic E-state index is -3.09. The predicted molar refractivity (Wildman–Crippen MR) is 69.1 cm³/mol. The maximum Gasteiger partial charge on any atom is 0.171 e. The van der Waals surface area contributed by atoms with Crippen molar-refractivity contribution in [2.24, 2.45) is 0 Å². The summed E-state index contributed by atoms with van der Waals surface area (Å²) in [4.78, 5) is 0. The fourth-order valence-electron chi connectivity index (χ4n) is 1.94. The number of hydrogen-bond donors (Lipinski definition) is 0. The molecule has 18 heavy (non-hydrogen) atoms. The van der Waals surface area contributed by atoms with Gasteiger partial charge in [-0.1, -0.05) is 30.3 Å². The van der Waals surface area contributed by atoms with Crippen LogP contribution in [0.2, 0.25) is 0 Å². The van der Waals surface area contributed by atoms with Crippen LogP contribution in [0.3, 0.4) is 0 Å². The SMILES string of the molecule is O=S(=O)(CCCc1ccccc1)CC1OCCO1. The van der Waals surface area contributed by atoms with Gasteiger partial charge in [-0.05, 0) is 18.4 Å². The minimum Gasteiger partial charge on any atom is -0.349 e. The lowest BCUT2D eigenvalue weighted by atomic mass is 10.1. The number of aryl methyl sites for hydroxylation is 1. The lowest BCUT2D eigenvalue weighted by Gasteiger charge is -2.09. The summed E-state index contributed by atoms with van der Waals surface area (Å²) < 4.78 is 33.9. The summed E-state index contributed by atoms with van der Waals surface area (Å²) in [6.45, 7) is 0.981. The second kappa shape index (κ2) is 6.31. The number of ether oxygens (including phenoxy) is 2. The van der Waals surface area contributed by atoms with Crippen molar-refractivity contribution in [1.29, 1.82) is 0 Å². The molecule has 1 aliphatic heterocycles. The Morgan fingerprint density at radius 2 is 1.78 bits per heavy atom. The van der Waals surface area contributed by atoms with E-state index in [4.69, 9.17) is 9.47 Å². The fourth-order valence-corrected chi connectivity index (χ4v) is 3.29. The highest BCUT2D eigenvalue weighted by atomic mass is 32.2. The molecule has 5 heteroatoms. The van der Waals surface area contributed by atoms with Gasteiger partial charge in [-0.15, -0.1) is 0 Å². The highest BCUT2D eigenvalue weighted by Gasteiger charge is 2.23. The van der Waals surface area contributed by atoms with E-state index in [9.17, 15) is 8.42 Å². The molecule has 0 radical (unpaired) electrons. The van der Waals surface area contributed by atoms with Crippen LogP contribution in [-0.2, 0) is 25.7 Å². The summed E-state index contributed by atoms with van der Waals surface area (Å²) in [5.74, 6) is 0.160. The maximum atomic E-state index is 11.8. The van der Waals surface area contributed by atoms with E-state index in [1.54, 1.807) is 0 Å². The largest absolute Gasteiger partial charge is 0.349 e. The molecule has 0 N–H and O–H groups in total. The van der Waals surface area contributed by atoms with Crippen molar-refractivity contribution < 1.29 is 17.9 Å². The van der Waals surface area contributed by atoms with Gasteiger partial charge in [-0.25, -0.2) is 8.42 Å². The van der Waals surface area contributed by atoms with Gasteiger partial charge in [0.1, 0.15) is 5.75 Å². The van der Waals surface area contributed by atoms with Gasteiger partial charge >= 0.3 is 0 Å². The van der Waals surface area contributed by atoms with Crippen LogP contribution >= 0.6 is 0 Å². The molecule has 1 aromatic rings. The average Bonchev–Trinajstić information content (AvgIpc) is 2.82. The van der Waals surface area contributed by atoms with Crippen LogP contribution in [0.1, 0.15) is 12.0 Å². The molecular formula is C13H18O4S. The van der Waals surface area contributed by atoms with Crippen LogP contribution in [-0.4, -0.2) is 39.4 Å². The summed E-state index contributed by atoms with van der Waals surface area (Å²) >= 11 is 0. The van der Waals surface area contributed by atoms with Crippen molar-refractivity contribution >= 4 is 9.84 Å². The van der Waals surface area contributed by atoms with Crippen molar-refractivity contribution in [1.82, 2.24) is 0 Å². The van der Waals surface area contributed by atoms with Gasteiger partial charge in [0.05, 0.1) is 19.0 Å². The summed E-state index contributed by atoms with van der Waals surface area (Å²) in [6.07, 6.45) is 0.859. The Morgan fingerprint density at radius 1 is 1.11 bits per heavy atom. The Labute approximate surface area is 108 Å². The molecule has 1 heterocycles. The first-order valence-corrected chi connectivity index (χ1v) is 7.95. The first kappa shape index (κ1) is 13.5. The molecule has 1 aliphatic rings. The summed E-state index contributed by atoms with van der Waals surface area (Å²) in [5.41, 5.74) is 1.17. The van der Waals surface area contributed by atoms with E-state index in [0.717, 1.165) is 6.42 Å². The quantitative estimate of drug-likeness (QED) is 0.784. The summed E-state index contributed by atoms with van der Waals surface area (Å²) in [5, 5.41) is 0. The van der Waals surface area contributed by atoms with E-state index >= 15 is 0 Å². The smallest absolute Gasteiger partial charge is 0.171 e. The molecule has 0 aromatic heterocycles. The van der Waals surface area contributed by atoms with Crippen molar-refractivity contribution in [2.75, 3.05) is 24.7 Å². The van der Waals surface area contributed by atoms with Gasteiger partial charge in [0.2, 0.25) is 0 Å². The summed E-state index contributed by atoms with van der Waals surface area (Å²) in [7, 11) is -3.09. The van der Waals surface area contributed by atoms with E-state index in [1.165, 1.54) is 5.56 Å². The fraction of sp³-hybridized carbons (Fsp3) is 0.538. The molecule has 1 fully saturated rings. The predicted octanol–water partition coefficient (Wildman–Crippen LogP) is 1.41. The van der Waals surface area contributed by atoms with E-state index in [0.29, 0.717) is 19.6 Å². The number of sulfone groups is 1. The van der Waals surface area contributed by atoms with Crippen LogP contribution in [0.25, 0.3) is 0 Å². The van der Waals surface area contributed by atoms with Crippen molar-refractivity contribution in [3.8, 4) is 0 Å². The molecule has 0 spiro atoms. The zero-order valence-corrected chi connectivity index (χ0v) is 11.1. The molecule has 0 bridgehead atoms.